The van der Waals surface area contributed by atoms with Gasteiger partial charge in [0.15, 0.2) is 0 Å². The van der Waals surface area contributed by atoms with Gasteiger partial charge in [0, 0.05) is 26.1 Å². The van der Waals surface area contributed by atoms with E-state index in [9.17, 15) is 0 Å². The van der Waals surface area contributed by atoms with Gasteiger partial charge in [0.25, 0.3) is 0 Å². The fourth-order valence-corrected chi connectivity index (χ4v) is 4.68. The standard InChI is InChI=1S/C22H14S/c1-2-8-15(9-3-1)14-19-16-10-4-5-11-17(16)22-21(19)18-12-6-7-13-20(18)23-22/h1-14H/b19-14-. The van der Waals surface area contributed by atoms with E-state index in [1.165, 1.54) is 42.8 Å². The van der Waals surface area contributed by atoms with Gasteiger partial charge < -0.3 is 0 Å². The predicted octanol–water partition coefficient (Wildman–Crippen LogP) is 6.47. The van der Waals surface area contributed by atoms with Crippen LogP contribution in [0.5, 0.6) is 0 Å². The van der Waals surface area contributed by atoms with Crippen molar-refractivity contribution >= 4 is 33.1 Å². The maximum Gasteiger partial charge on any atom is 0.0440 e. The third-order valence-electron chi connectivity index (χ3n) is 4.44. The van der Waals surface area contributed by atoms with Crippen molar-refractivity contribution in [1.82, 2.24) is 0 Å². The average Bonchev–Trinajstić information content (AvgIpc) is 3.12. The Morgan fingerprint density at radius 1 is 0.652 bits per heavy atom. The summed E-state index contributed by atoms with van der Waals surface area (Å²) in [5.41, 5.74) is 6.71. The first-order chi connectivity index (χ1) is 11.4. The number of hydrogen-bond acceptors (Lipinski definition) is 1. The van der Waals surface area contributed by atoms with Gasteiger partial charge in [-0.1, -0.05) is 72.8 Å². The predicted molar refractivity (Wildman–Crippen MR) is 101 cm³/mol. The van der Waals surface area contributed by atoms with Crippen molar-refractivity contribution in [2.24, 2.45) is 0 Å². The summed E-state index contributed by atoms with van der Waals surface area (Å²) in [6.07, 6.45) is 2.32. The minimum Gasteiger partial charge on any atom is -0.135 e. The molecule has 3 aromatic carbocycles. The van der Waals surface area contributed by atoms with Gasteiger partial charge in [-0.2, -0.15) is 0 Å². The van der Waals surface area contributed by atoms with Crippen molar-refractivity contribution in [3.05, 3.63) is 95.6 Å². The SMILES string of the molecule is C(=C1\c2ccccc2-c2sc3ccccc3c21)/c1ccccc1. The number of rotatable bonds is 1. The zero-order valence-electron chi connectivity index (χ0n) is 12.5. The summed E-state index contributed by atoms with van der Waals surface area (Å²) in [5, 5.41) is 1.37. The Morgan fingerprint density at radius 3 is 2.22 bits per heavy atom. The lowest BCUT2D eigenvalue weighted by molar-refractivity contribution is 1.64. The molecule has 0 saturated heterocycles. The van der Waals surface area contributed by atoms with E-state index < -0.39 is 0 Å². The van der Waals surface area contributed by atoms with Crippen LogP contribution in [0.1, 0.15) is 16.7 Å². The van der Waals surface area contributed by atoms with Crippen molar-refractivity contribution in [2.75, 3.05) is 0 Å². The third-order valence-corrected chi connectivity index (χ3v) is 5.64. The second-order valence-electron chi connectivity index (χ2n) is 5.82. The zero-order valence-corrected chi connectivity index (χ0v) is 13.3. The van der Waals surface area contributed by atoms with E-state index in [1.807, 2.05) is 11.3 Å². The summed E-state index contributed by atoms with van der Waals surface area (Å²) < 4.78 is 1.37. The molecule has 0 unspecified atom stereocenters. The first-order valence-electron chi connectivity index (χ1n) is 7.80. The van der Waals surface area contributed by atoms with Gasteiger partial charge in [-0.15, -0.1) is 11.3 Å². The molecule has 0 spiro atoms. The molecule has 1 heteroatoms. The molecule has 0 bridgehead atoms. The fraction of sp³-hybridized carbons (Fsp3) is 0. The van der Waals surface area contributed by atoms with Gasteiger partial charge >= 0.3 is 0 Å². The van der Waals surface area contributed by atoms with Gasteiger partial charge in [-0.25, -0.2) is 0 Å². The van der Waals surface area contributed by atoms with Crippen molar-refractivity contribution < 1.29 is 0 Å². The molecule has 0 atom stereocenters. The van der Waals surface area contributed by atoms with Gasteiger partial charge in [0.1, 0.15) is 0 Å². The topological polar surface area (TPSA) is 0 Å². The van der Waals surface area contributed by atoms with Crippen LogP contribution in [-0.2, 0) is 0 Å². The Morgan fingerprint density at radius 2 is 1.35 bits per heavy atom. The molecule has 5 rings (SSSR count). The summed E-state index contributed by atoms with van der Waals surface area (Å²) in [5.74, 6) is 0. The quantitative estimate of drug-likeness (QED) is 0.333. The highest BCUT2D eigenvalue weighted by Crippen LogP contribution is 2.52. The van der Waals surface area contributed by atoms with Crippen LogP contribution in [0.25, 0.3) is 32.2 Å². The van der Waals surface area contributed by atoms with E-state index in [2.05, 4.69) is 84.9 Å². The number of thiophene rings is 1. The van der Waals surface area contributed by atoms with Gasteiger partial charge in [0.2, 0.25) is 0 Å². The van der Waals surface area contributed by atoms with E-state index in [0.717, 1.165) is 0 Å². The van der Waals surface area contributed by atoms with Crippen molar-refractivity contribution in [3.63, 3.8) is 0 Å². The number of fused-ring (bicyclic) bond motifs is 5. The van der Waals surface area contributed by atoms with Crippen LogP contribution in [0, 0.1) is 0 Å². The van der Waals surface area contributed by atoms with Gasteiger partial charge in [0.05, 0.1) is 0 Å². The molecule has 0 saturated carbocycles. The number of hydrogen-bond donors (Lipinski definition) is 0. The monoisotopic (exact) mass is 310 g/mol. The third kappa shape index (κ3) is 1.90. The van der Waals surface area contributed by atoms with E-state index in [-0.39, 0.29) is 0 Å². The minimum absolute atomic E-state index is 1.25. The molecule has 0 fully saturated rings. The molecule has 0 aliphatic heterocycles. The van der Waals surface area contributed by atoms with Crippen LogP contribution >= 0.6 is 11.3 Å². The largest absolute Gasteiger partial charge is 0.135 e. The molecule has 0 N–H and O–H groups in total. The minimum atomic E-state index is 1.25. The second-order valence-corrected chi connectivity index (χ2v) is 6.87. The highest BCUT2D eigenvalue weighted by Gasteiger charge is 2.27. The highest BCUT2D eigenvalue weighted by molar-refractivity contribution is 7.22. The molecule has 4 aromatic rings. The van der Waals surface area contributed by atoms with Crippen LogP contribution in [0.15, 0.2) is 78.9 Å². The normalized spacial score (nSPS) is 14.2. The van der Waals surface area contributed by atoms with Crippen LogP contribution in [0.4, 0.5) is 0 Å². The molecular weight excluding hydrogens is 296 g/mol. The van der Waals surface area contributed by atoms with Crippen LogP contribution < -0.4 is 0 Å². The van der Waals surface area contributed by atoms with Crippen molar-refractivity contribution in [2.45, 2.75) is 0 Å². The van der Waals surface area contributed by atoms with E-state index in [4.69, 9.17) is 0 Å². The summed E-state index contributed by atoms with van der Waals surface area (Å²) in [4.78, 5) is 1.41. The van der Waals surface area contributed by atoms with E-state index >= 15 is 0 Å². The maximum atomic E-state index is 2.32. The Hall–Kier alpha value is -2.64. The lowest BCUT2D eigenvalue weighted by atomic mass is 9.99. The lowest BCUT2D eigenvalue weighted by Gasteiger charge is -2.04. The average molecular weight is 310 g/mol. The fourth-order valence-electron chi connectivity index (χ4n) is 3.42. The van der Waals surface area contributed by atoms with Gasteiger partial charge in [-0.05, 0) is 28.8 Å². The molecule has 0 nitrogen and oxygen atoms in total. The molecule has 108 valence electrons. The zero-order chi connectivity index (χ0) is 15.2. The first kappa shape index (κ1) is 12.9. The molecule has 1 aromatic heterocycles. The van der Waals surface area contributed by atoms with Crippen LogP contribution in [-0.4, -0.2) is 0 Å². The lowest BCUT2D eigenvalue weighted by Crippen LogP contribution is -1.82. The summed E-state index contributed by atoms with van der Waals surface area (Å²) in [7, 11) is 0. The van der Waals surface area contributed by atoms with E-state index in [1.54, 1.807) is 0 Å². The van der Waals surface area contributed by atoms with Crippen LogP contribution in [0.2, 0.25) is 0 Å². The van der Waals surface area contributed by atoms with E-state index in [0.29, 0.717) is 0 Å². The second kappa shape index (κ2) is 4.94. The molecule has 1 aliphatic carbocycles. The molecular formula is C22H14S. The van der Waals surface area contributed by atoms with Crippen molar-refractivity contribution in [3.8, 4) is 10.4 Å². The summed E-state index contributed by atoms with van der Waals surface area (Å²) in [6, 6.07) is 28.1. The summed E-state index contributed by atoms with van der Waals surface area (Å²) >= 11 is 1.90. The molecule has 23 heavy (non-hydrogen) atoms. The Bertz CT molecular complexity index is 1050. The Kier molecular flexibility index (Phi) is 2.76. The first-order valence-corrected chi connectivity index (χ1v) is 8.62. The Balaban J connectivity index is 1.87. The molecule has 1 aliphatic rings. The molecule has 0 radical (unpaired) electrons. The maximum absolute atomic E-state index is 2.32. The molecule has 1 heterocycles. The summed E-state index contributed by atoms with van der Waals surface area (Å²) in [6.45, 7) is 0. The smallest absolute Gasteiger partial charge is 0.0440 e. The Labute approximate surface area is 139 Å². The number of benzene rings is 3. The highest BCUT2D eigenvalue weighted by atomic mass is 32.1. The van der Waals surface area contributed by atoms with Crippen molar-refractivity contribution in [1.29, 1.82) is 0 Å². The molecule has 0 amide bonds. The van der Waals surface area contributed by atoms with Crippen LogP contribution in [0.3, 0.4) is 0 Å². The van der Waals surface area contributed by atoms with Gasteiger partial charge in [-0.3, -0.25) is 0 Å².